The molecule has 4 nitrogen and oxygen atoms in total. The summed E-state index contributed by atoms with van der Waals surface area (Å²) in [7, 11) is -4.56. The molecule has 0 atom stereocenters. The molecule has 0 amide bonds. The van der Waals surface area contributed by atoms with Crippen molar-refractivity contribution < 1.29 is 19.0 Å². The van der Waals surface area contributed by atoms with Crippen LogP contribution in [0.1, 0.15) is 29.5 Å². The van der Waals surface area contributed by atoms with Crippen molar-refractivity contribution in [3.63, 3.8) is 0 Å². The van der Waals surface area contributed by atoms with Crippen LogP contribution in [0.2, 0.25) is 0 Å². The fourth-order valence-corrected chi connectivity index (χ4v) is 7.61. The third kappa shape index (κ3) is 4.28. The van der Waals surface area contributed by atoms with Crippen LogP contribution in [-0.4, -0.2) is 23.2 Å². The normalized spacial score (nSPS) is 12.9. The molecule has 0 bridgehead atoms. The maximum absolute atomic E-state index is 12.8. The Hall–Kier alpha value is -2.23. The topological polar surface area (TPSA) is 58.9 Å². The third-order valence-corrected chi connectivity index (χ3v) is 9.23. The Kier molecular flexibility index (Phi) is 6.95. The number of aliphatic hydroxyl groups is 1. The van der Waals surface area contributed by atoms with Crippen LogP contribution in [0.4, 0.5) is 0 Å². The third-order valence-electron chi connectivity index (χ3n) is 5.33. The van der Waals surface area contributed by atoms with E-state index in [1.54, 1.807) is 0 Å². The number of aliphatic hydroxyl groups excluding tert-OH is 1. The van der Waals surface area contributed by atoms with Gasteiger partial charge in [-0.3, -0.25) is 0 Å². The van der Waals surface area contributed by atoms with Crippen molar-refractivity contribution in [3.8, 4) is 5.75 Å². The Morgan fingerprint density at radius 1 is 0.700 bits per heavy atom. The van der Waals surface area contributed by atoms with Crippen molar-refractivity contribution in [2.75, 3.05) is 13.2 Å². The molecule has 0 aliphatic rings. The van der Waals surface area contributed by atoms with Crippen LogP contribution in [0, 0.1) is 20.8 Å². The van der Waals surface area contributed by atoms with E-state index in [1.807, 2.05) is 93.6 Å². The second-order valence-electron chi connectivity index (χ2n) is 7.61. The molecule has 2 N–H and O–H groups in total. The second-order valence-corrected chi connectivity index (χ2v) is 10.8. The predicted molar refractivity (Wildman–Crippen MR) is 125 cm³/mol. The number of para-hydroxylation sites is 1. The van der Waals surface area contributed by atoms with Crippen LogP contribution in [0.5, 0.6) is 5.75 Å². The van der Waals surface area contributed by atoms with Crippen molar-refractivity contribution in [2.45, 2.75) is 33.6 Å². The van der Waals surface area contributed by atoms with Crippen molar-refractivity contribution in [1.82, 2.24) is 0 Å². The van der Waals surface area contributed by atoms with Gasteiger partial charge in [0.2, 0.25) is 0 Å². The predicted octanol–water partition coefficient (Wildman–Crippen LogP) is 4.72. The van der Waals surface area contributed by atoms with Crippen LogP contribution in [0.25, 0.3) is 0 Å². The van der Waals surface area contributed by atoms with E-state index < -0.39 is 7.28 Å². The summed E-state index contributed by atoms with van der Waals surface area (Å²) in [6, 6.07) is 23.0. The second kappa shape index (κ2) is 9.28. The summed E-state index contributed by atoms with van der Waals surface area (Å²) in [5.74, 6) is 0.589. The molecule has 0 aliphatic heterocycles. The molecule has 0 unspecified atom stereocenters. The summed E-state index contributed by atoms with van der Waals surface area (Å²) in [6.07, 6.45) is 1.21. The summed E-state index contributed by atoms with van der Waals surface area (Å²) in [5.41, 5.74) is 2.72. The molecule has 5 heteroatoms. The number of benzene rings is 3. The minimum atomic E-state index is -4.56. The molecule has 0 heterocycles. The Bertz CT molecular complexity index is 956. The van der Waals surface area contributed by atoms with Crippen molar-refractivity contribution in [1.29, 1.82) is 0 Å². The van der Waals surface area contributed by atoms with E-state index in [2.05, 4.69) is 0 Å². The zero-order valence-electron chi connectivity index (χ0n) is 17.9. The summed E-state index contributed by atoms with van der Waals surface area (Å²) in [5, 5.41) is 10.5. The van der Waals surface area contributed by atoms with Gasteiger partial charge in [0.05, 0.1) is 0 Å². The first-order valence-electron chi connectivity index (χ1n) is 10.3. The minimum absolute atomic E-state index is 0.0815. The van der Waals surface area contributed by atoms with E-state index in [0.717, 1.165) is 16.7 Å². The molecule has 0 saturated heterocycles. The van der Waals surface area contributed by atoms with Crippen LogP contribution in [0.3, 0.4) is 0 Å². The Labute approximate surface area is 179 Å². The molecule has 0 fully saturated rings. The van der Waals surface area contributed by atoms with Crippen molar-refractivity contribution in [2.24, 2.45) is 0 Å². The fraction of sp³-hybridized carbons (Fsp3) is 0.280. The Morgan fingerprint density at radius 3 is 1.70 bits per heavy atom. The molecule has 0 spiro atoms. The Balaban J connectivity index is 2.29. The summed E-state index contributed by atoms with van der Waals surface area (Å²) in [4.78, 5) is 12.8. The summed E-state index contributed by atoms with van der Waals surface area (Å²) < 4.78 is 13.1. The van der Waals surface area contributed by atoms with E-state index in [1.165, 1.54) is 0 Å². The average Bonchev–Trinajstić information content (AvgIpc) is 2.74. The van der Waals surface area contributed by atoms with Gasteiger partial charge in [0, 0.05) is 0 Å². The first-order valence-corrected chi connectivity index (χ1v) is 12.3. The maximum atomic E-state index is 12.8. The van der Waals surface area contributed by atoms with Gasteiger partial charge in [0.25, 0.3) is 0 Å². The van der Waals surface area contributed by atoms with Gasteiger partial charge < -0.3 is 0 Å². The molecule has 0 aliphatic carbocycles. The standard InChI is InChI=1S/C25H31O4P/c1-20-12-4-7-15-23(20)29-30(27,28-19-11-10-18-26,24-16-8-5-13-21(24)2)25-17-9-6-14-22(25)3/h4-9,12-17,26-27H,10-11,18-19H2,1-3H3. The van der Waals surface area contributed by atoms with Gasteiger partial charge >= 0.3 is 179 Å². The number of aryl methyl sites for hydroxylation is 3. The van der Waals surface area contributed by atoms with Gasteiger partial charge in [-0.2, -0.15) is 0 Å². The van der Waals surface area contributed by atoms with E-state index in [4.69, 9.17) is 9.05 Å². The van der Waals surface area contributed by atoms with Gasteiger partial charge in [-0.25, -0.2) is 0 Å². The van der Waals surface area contributed by atoms with E-state index in [9.17, 15) is 10.00 Å². The molecule has 0 saturated carbocycles. The number of unbranched alkanes of at least 4 members (excludes halogenated alkanes) is 1. The first kappa shape index (κ1) is 22.5. The molecule has 3 aromatic carbocycles. The first-order chi connectivity index (χ1) is 14.4. The molecular weight excluding hydrogens is 395 g/mol. The van der Waals surface area contributed by atoms with Gasteiger partial charge in [0.1, 0.15) is 0 Å². The molecule has 3 aromatic rings. The number of hydrogen-bond acceptors (Lipinski definition) is 4. The van der Waals surface area contributed by atoms with Gasteiger partial charge in [-0.05, 0) is 0 Å². The van der Waals surface area contributed by atoms with Crippen molar-refractivity contribution in [3.05, 3.63) is 89.5 Å². The summed E-state index contributed by atoms with van der Waals surface area (Å²) >= 11 is 0. The van der Waals surface area contributed by atoms with E-state index in [0.29, 0.717) is 29.2 Å². The zero-order chi connectivity index (χ0) is 21.6. The van der Waals surface area contributed by atoms with Crippen LogP contribution >= 0.6 is 7.28 Å². The number of rotatable bonds is 9. The summed E-state index contributed by atoms with van der Waals surface area (Å²) in [6.45, 7) is 6.23. The average molecular weight is 426 g/mol. The molecule has 0 radical (unpaired) electrons. The van der Waals surface area contributed by atoms with Gasteiger partial charge in [0.15, 0.2) is 0 Å². The molecular formula is C25H31O4P. The van der Waals surface area contributed by atoms with Crippen LogP contribution in [-0.2, 0) is 4.52 Å². The van der Waals surface area contributed by atoms with Gasteiger partial charge in [-0.1, -0.05) is 0 Å². The number of hydrogen-bond donors (Lipinski definition) is 2. The quantitative estimate of drug-likeness (QED) is 0.384. The molecule has 30 heavy (non-hydrogen) atoms. The monoisotopic (exact) mass is 426 g/mol. The van der Waals surface area contributed by atoms with Crippen LogP contribution < -0.4 is 15.1 Å². The van der Waals surface area contributed by atoms with Gasteiger partial charge in [-0.15, -0.1) is 0 Å². The molecule has 3 rings (SSSR count). The van der Waals surface area contributed by atoms with Crippen molar-refractivity contribution >= 4 is 17.9 Å². The zero-order valence-corrected chi connectivity index (χ0v) is 18.8. The molecule has 160 valence electrons. The molecule has 0 aromatic heterocycles. The Morgan fingerprint density at radius 2 is 1.20 bits per heavy atom. The van der Waals surface area contributed by atoms with Crippen LogP contribution in [0.15, 0.2) is 72.8 Å². The van der Waals surface area contributed by atoms with E-state index in [-0.39, 0.29) is 13.2 Å². The van der Waals surface area contributed by atoms with E-state index >= 15 is 0 Å². The fourth-order valence-electron chi connectivity index (χ4n) is 3.69. The SMILES string of the molecule is Cc1ccccc1OP(O)(OCCCCO)(c1ccccc1C)c1ccccc1C.